The van der Waals surface area contributed by atoms with E-state index in [1.165, 1.54) is 0 Å². The van der Waals surface area contributed by atoms with Crippen LogP contribution in [0, 0.1) is 0 Å². The molecule has 4 heteroatoms. The molecule has 1 rings (SSSR count). The third-order valence-corrected chi connectivity index (χ3v) is 4.09. The van der Waals surface area contributed by atoms with Crippen molar-refractivity contribution in [3.8, 4) is 0 Å². The molecule has 0 bridgehead atoms. The second kappa shape index (κ2) is 5.61. The average molecular weight is 217 g/mol. The maximum atomic E-state index is 11.7. The number of unbranched alkanes of at least 4 members (excludes halogenated alkanes) is 1. The monoisotopic (exact) mass is 217 g/mol. The van der Waals surface area contributed by atoms with Crippen molar-refractivity contribution in [2.24, 2.45) is 0 Å². The minimum atomic E-state index is -0.195. The van der Waals surface area contributed by atoms with Crippen molar-refractivity contribution >= 4 is 17.7 Å². The van der Waals surface area contributed by atoms with Crippen molar-refractivity contribution < 1.29 is 9.90 Å². The summed E-state index contributed by atoms with van der Waals surface area (Å²) in [5.41, 5.74) is 0. The van der Waals surface area contributed by atoms with Gasteiger partial charge in [-0.2, -0.15) is 0 Å². The normalized spacial score (nSPS) is 26.4. The van der Waals surface area contributed by atoms with Crippen LogP contribution in [0.2, 0.25) is 0 Å². The van der Waals surface area contributed by atoms with Gasteiger partial charge in [-0.25, -0.2) is 0 Å². The maximum absolute atomic E-state index is 11.7. The number of aliphatic hydroxyl groups is 1. The highest BCUT2D eigenvalue weighted by Crippen LogP contribution is 2.37. The van der Waals surface area contributed by atoms with Crippen LogP contribution in [0.15, 0.2) is 0 Å². The zero-order valence-electron chi connectivity index (χ0n) is 8.71. The molecule has 0 aromatic carbocycles. The molecule has 1 saturated heterocycles. The van der Waals surface area contributed by atoms with Crippen LogP contribution < -0.4 is 5.32 Å². The lowest BCUT2D eigenvalue weighted by molar-refractivity contribution is -0.123. The third-order valence-electron chi connectivity index (χ3n) is 2.57. The predicted octanol–water partition coefficient (Wildman–Crippen LogP) is 1.16. The second-order valence-corrected chi connectivity index (χ2v) is 5.47. The molecule has 0 saturated carbocycles. The topological polar surface area (TPSA) is 49.3 Å². The molecular formula is C10H19NO2S. The zero-order chi connectivity index (χ0) is 10.4. The van der Waals surface area contributed by atoms with Crippen molar-refractivity contribution in [1.82, 2.24) is 5.32 Å². The number of hydrogen-bond acceptors (Lipinski definition) is 3. The molecule has 1 atom stereocenters. The summed E-state index contributed by atoms with van der Waals surface area (Å²) in [6, 6.07) is 0. The minimum absolute atomic E-state index is 0.165. The van der Waals surface area contributed by atoms with Crippen LogP contribution in [-0.4, -0.2) is 34.7 Å². The lowest BCUT2D eigenvalue weighted by Crippen LogP contribution is -2.40. The molecule has 1 amide bonds. The van der Waals surface area contributed by atoms with Crippen LogP contribution in [0.4, 0.5) is 0 Å². The molecule has 0 aromatic heterocycles. The molecule has 1 fully saturated rings. The summed E-state index contributed by atoms with van der Waals surface area (Å²) in [4.78, 5) is 11.7. The number of amides is 1. The van der Waals surface area contributed by atoms with Crippen molar-refractivity contribution in [1.29, 1.82) is 0 Å². The van der Waals surface area contributed by atoms with Crippen molar-refractivity contribution in [2.45, 2.75) is 37.4 Å². The molecule has 0 aromatic rings. The number of carbonyl (C=O) groups is 1. The van der Waals surface area contributed by atoms with Gasteiger partial charge in [0.2, 0.25) is 5.91 Å². The Morgan fingerprint density at radius 2 is 2.36 bits per heavy atom. The zero-order valence-corrected chi connectivity index (χ0v) is 9.53. The number of thioether (sulfide) groups is 1. The summed E-state index contributed by atoms with van der Waals surface area (Å²) in [6.07, 6.45) is 3.77. The number of rotatable bonds is 5. The Hall–Kier alpha value is -0.220. The SMILES string of the molecule is CC1(C(=O)NCCCCO)CCCS1. The van der Waals surface area contributed by atoms with Gasteiger partial charge in [-0.15, -0.1) is 11.8 Å². The molecule has 2 N–H and O–H groups in total. The molecule has 0 aliphatic carbocycles. The van der Waals surface area contributed by atoms with E-state index in [-0.39, 0.29) is 17.3 Å². The van der Waals surface area contributed by atoms with Crippen LogP contribution in [0.5, 0.6) is 0 Å². The van der Waals surface area contributed by atoms with Crippen molar-refractivity contribution in [3.63, 3.8) is 0 Å². The van der Waals surface area contributed by atoms with E-state index in [2.05, 4.69) is 5.32 Å². The molecule has 14 heavy (non-hydrogen) atoms. The number of nitrogens with one attached hydrogen (secondary N) is 1. The Labute approximate surface area is 89.6 Å². The molecule has 3 nitrogen and oxygen atoms in total. The summed E-state index contributed by atoms with van der Waals surface area (Å²) < 4.78 is -0.195. The molecular weight excluding hydrogens is 198 g/mol. The molecule has 82 valence electrons. The molecule has 1 aliphatic rings. The number of hydrogen-bond donors (Lipinski definition) is 2. The fourth-order valence-electron chi connectivity index (χ4n) is 1.58. The van der Waals surface area contributed by atoms with Gasteiger partial charge in [0.05, 0.1) is 4.75 Å². The highest BCUT2D eigenvalue weighted by molar-refractivity contribution is 8.01. The van der Waals surface area contributed by atoms with E-state index in [1.807, 2.05) is 6.92 Å². The Kier molecular flexibility index (Phi) is 4.75. The van der Waals surface area contributed by atoms with E-state index in [9.17, 15) is 4.79 Å². The van der Waals surface area contributed by atoms with Crippen LogP contribution in [0.1, 0.15) is 32.6 Å². The summed E-state index contributed by atoms with van der Waals surface area (Å²) >= 11 is 1.76. The van der Waals surface area contributed by atoms with Gasteiger partial charge in [-0.3, -0.25) is 4.79 Å². The summed E-state index contributed by atoms with van der Waals surface area (Å²) in [7, 11) is 0. The minimum Gasteiger partial charge on any atom is -0.396 e. The first-order valence-corrected chi connectivity index (χ1v) is 6.21. The maximum Gasteiger partial charge on any atom is 0.235 e. The fourth-order valence-corrected chi connectivity index (χ4v) is 2.82. The number of aliphatic hydroxyl groups excluding tert-OH is 1. The van der Waals surface area contributed by atoms with Gasteiger partial charge in [-0.05, 0) is 38.4 Å². The van der Waals surface area contributed by atoms with Gasteiger partial charge in [0.1, 0.15) is 0 Å². The Bertz CT molecular complexity index is 191. The quantitative estimate of drug-likeness (QED) is 0.679. The Morgan fingerprint density at radius 3 is 2.93 bits per heavy atom. The van der Waals surface area contributed by atoms with Crippen LogP contribution in [0.3, 0.4) is 0 Å². The first-order chi connectivity index (χ1) is 6.69. The van der Waals surface area contributed by atoms with Crippen LogP contribution >= 0.6 is 11.8 Å². The van der Waals surface area contributed by atoms with Gasteiger partial charge in [0.15, 0.2) is 0 Å². The van der Waals surface area contributed by atoms with E-state index in [0.29, 0.717) is 6.54 Å². The summed E-state index contributed by atoms with van der Waals surface area (Å²) in [6.45, 7) is 2.92. The summed E-state index contributed by atoms with van der Waals surface area (Å²) in [5.74, 6) is 1.26. The first-order valence-electron chi connectivity index (χ1n) is 5.22. The van der Waals surface area contributed by atoms with Gasteiger partial charge in [0.25, 0.3) is 0 Å². The Morgan fingerprint density at radius 1 is 1.57 bits per heavy atom. The Balaban J connectivity index is 2.20. The first kappa shape index (κ1) is 11.9. The standard InChI is InChI=1S/C10H19NO2S/c1-10(5-4-8-14-10)9(13)11-6-2-3-7-12/h12H,2-8H2,1H3,(H,11,13). The van der Waals surface area contributed by atoms with Crippen LogP contribution in [0.25, 0.3) is 0 Å². The van der Waals surface area contributed by atoms with Gasteiger partial charge in [0, 0.05) is 13.2 Å². The smallest absolute Gasteiger partial charge is 0.235 e. The van der Waals surface area contributed by atoms with Gasteiger partial charge >= 0.3 is 0 Å². The number of carbonyl (C=O) groups excluding carboxylic acids is 1. The highest BCUT2D eigenvalue weighted by atomic mass is 32.2. The molecule has 0 radical (unpaired) electrons. The molecule has 0 spiro atoms. The van der Waals surface area contributed by atoms with Crippen molar-refractivity contribution in [2.75, 3.05) is 18.9 Å². The summed E-state index contributed by atoms with van der Waals surface area (Å²) in [5, 5.41) is 11.5. The molecule has 1 heterocycles. The largest absolute Gasteiger partial charge is 0.396 e. The van der Waals surface area contributed by atoms with E-state index in [1.54, 1.807) is 11.8 Å². The van der Waals surface area contributed by atoms with Gasteiger partial charge in [-0.1, -0.05) is 0 Å². The van der Waals surface area contributed by atoms with E-state index in [0.717, 1.165) is 31.4 Å². The highest BCUT2D eigenvalue weighted by Gasteiger charge is 2.36. The van der Waals surface area contributed by atoms with Gasteiger partial charge < -0.3 is 10.4 Å². The van der Waals surface area contributed by atoms with Crippen molar-refractivity contribution in [3.05, 3.63) is 0 Å². The third kappa shape index (κ3) is 3.17. The molecule has 1 unspecified atom stereocenters. The average Bonchev–Trinajstić information content (AvgIpc) is 2.61. The van der Waals surface area contributed by atoms with E-state index in [4.69, 9.17) is 5.11 Å². The van der Waals surface area contributed by atoms with Crippen LogP contribution in [-0.2, 0) is 4.79 Å². The molecule has 1 aliphatic heterocycles. The fraction of sp³-hybridized carbons (Fsp3) is 0.900. The van der Waals surface area contributed by atoms with E-state index >= 15 is 0 Å². The lowest BCUT2D eigenvalue weighted by atomic mass is 10.0. The second-order valence-electron chi connectivity index (χ2n) is 3.87. The van der Waals surface area contributed by atoms with E-state index < -0.39 is 0 Å². The predicted molar refractivity (Wildman–Crippen MR) is 59.4 cm³/mol. The lowest BCUT2D eigenvalue weighted by Gasteiger charge is -2.21.